The van der Waals surface area contributed by atoms with Gasteiger partial charge < -0.3 is 4.74 Å². The van der Waals surface area contributed by atoms with Crippen molar-refractivity contribution < 1.29 is 13.2 Å². The maximum absolute atomic E-state index is 11.9. The first-order chi connectivity index (χ1) is 12.7. The highest BCUT2D eigenvalue weighted by molar-refractivity contribution is 14.1. The molecule has 0 spiro atoms. The Morgan fingerprint density at radius 2 is 2.11 bits per heavy atom. The van der Waals surface area contributed by atoms with Gasteiger partial charge >= 0.3 is 0 Å². The van der Waals surface area contributed by atoms with Crippen molar-refractivity contribution in [3.63, 3.8) is 0 Å². The third kappa shape index (κ3) is 4.16. The van der Waals surface area contributed by atoms with Crippen molar-refractivity contribution in [2.45, 2.75) is 11.8 Å². The number of halogens is 3. The SMILES string of the molecule is N#CC1(c2ncc(Cl)s2)CC(S(N)(=O)=O)=CC=C1Oc1ccc(Cl)cc1I. The van der Waals surface area contributed by atoms with Gasteiger partial charge in [-0.05, 0) is 52.9 Å². The summed E-state index contributed by atoms with van der Waals surface area (Å²) in [7, 11) is -3.98. The average molecular weight is 554 g/mol. The summed E-state index contributed by atoms with van der Waals surface area (Å²) in [5.74, 6) is 0.699. The molecule has 2 aromatic rings. The molecule has 6 nitrogen and oxygen atoms in total. The van der Waals surface area contributed by atoms with E-state index in [0.717, 1.165) is 14.9 Å². The molecule has 0 saturated heterocycles. The van der Waals surface area contributed by atoms with Crippen LogP contribution < -0.4 is 9.88 Å². The summed E-state index contributed by atoms with van der Waals surface area (Å²) in [6.45, 7) is 0. The van der Waals surface area contributed by atoms with Crippen LogP contribution in [0.2, 0.25) is 9.36 Å². The minimum atomic E-state index is -3.98. The zero-order valence-corrected chi connectivity index (χ0v) is 18.6. The third-order valence-electron chi connectivity index (χ3n) is 3.79. The summed E-state index contributed by atoms with van der Waals surface area (Å²) >= 11 is 15.1. The number of hydrogen-bond donors (Lipinski definition) is 1. The van der Waals surface area contributed by atoms with Gasteiger partial charge in [0.05, 0.1) is 20.7 Å². The van der Waals surface area contributed by atoms with Gasteiger partial charge in [-0.3, -0.25) is 0 Å². The Morgan fingerprint density at radius 1 is 1.37 bits per heavy atom. The highest BCUT2D eigenvalue weighted by Crippen LogP contribution is 2.45. The second kappa shape index (κ2) is 7.69. The van der Waals surface area contributed by atoms with E-state index in [1.54, 1.807) is 18.2 Å². The van der Waals surface area contributed by atoms with Crippen LogP contribution >= 0.6 is 57.1 Å². The van der Waals surface area contributed by atoms with Gasteiger partial charge in [-0.1, -0.05) is 23.2 Å². The number of hydrogen-bond acceptors (Lipinski definition) is 6. The van der Waals surface area contributed by atoms with E-state index in [1.807, 2.05) is 0 Å². The number of aromatic nitrogens is 1. The molecular formula is C16H10Cl2IN3O3S2. The Bertz CT molecular complexity index is 1120. The monoisotopic (exact) mass is 553 g/mol. The molecule has 1 aromatic heterocycles. The molecule has 1 aliphatic carbocycles. The molecule has 27 heavy (non-hydrogen) atoms. The molecule has 1 atom stereocenters. The minimum Gasteiger partial charge on any atom is -0.458 e. The molecule has 1 heterocycles. The Balaban J connectivity index is 2.15. The van der Waals surface area contributed by atoms with Crippen LogP contribution in [0.1, 0.15) is 11.4 Å². The lowest BCUT2D eigenvalue weighted by Gasteiger charge is -2.30. The molecule has 3 rings (SSSR count). The van der Waals surface area contributed by atoms with Gasteiger partial charge in [-0.2, -0.15) is 5.26 Å². The van der Waals surface area contributed by atoms with Gasteiger partial charge in [0.15, 0.2) is 5.41 Å². The molecule has 1 unspecified atom stereocenters. The van der Waals surface area contributed by atoms with Crippen LogP contribution in [0.4, 0.5) is 0 Å². The van der Waals surface area contributed by atoms with Crippen molar-refractivity contribution in [3.05, 3.63) is 65.1 Å². The second-order valence-corrected chi connectivity index (χ2v) is 10.4. The topological polar surface area (TPSA) is 106 Å². The van der Waals surface area contributed by atoms with E-state index in [4.69, 9.17) is 33.1 Å². The van der Waals surface area contributed by atoms with Crippen molar-refractivity contribution >= 4 is 67.2 Å². The molecule has 11 heteroatoms. The fourth-order valence-corrected chi connectivity index (χ4v) is 5.20. The lowest BCUT2D eigenvalue weighted by Crippen LogP contribution is -2.34. The summed E-state index contributed by atoms with van der Waals surface area (Å²) < 4.78 is 30.8. The van der Waals surface area contributed by atoms with E-state index in [2.05, 4.69) is 33.6 Å². The molecule has 1 aromatic carbocycles. The summed E-state index contributed by atoms with van der Waals surface area (Å²) in [5.41, 5.74) is -1.48. The summed E-state index contributed by atoms with van der Waals surface area (Å²) in [6, 6.07) is 7.19. The van der Waals surface area contributed by atoms with E-state index in [9.17, 15) is 13.7 Å². The van der Waals surface area contributed by atoms with E-state index < -0.39 is 15.4 Å². The number of benzene rings is 1. The summed E-state index contributed by atoms with van der Waals surface area (Å²) in [6.07, 6.45) is 3.95. The molecule has 2 N–H and O–H groups in total. The molecule has 0 aliphatic heterocycles. The number of thiazole rings is 1. The predicted molar refractivity (Wildman–Crippen MR) is 113 cm³/mol. The van der Waals surface area contributed by atoms with Crippen LogP contribution in [0.25, 0.3) is 0 Å². The second-order valence-electron chi connectivity index (χ2n) is 5.55. The highest BCUT2D eigenvalue weighted by Gasteiger charge is 2.46. The number of allylic oxidation sites excluding steroid dienone is 4. The maximum atomic E-state index is 11.9. The van der Waals surface area contributed by atoms with Gasteiger partial charge in [0.2, 0.25) is 10.0 Å². The fraction of sp³-hybridized carbons (Fsp3) is 0.125. The Morgan fingerprint density at radius 3 is 2.67 bits per heavy atom. The zero-order chi connectivity index (χ0) is 19.8. The standard InChI is InChI=1S/C16H10Cl2IN3O3S2/c17-9-1-3-12(11(19)5-9)25-13-4-2-10(27(21,23)24)6-16(13,8-20)15-22-7-14(18)26-15/h1-5,7H,6H2,(H2,21,23,24). The first-order valence-corrected chi connectivity index (χ1v) is 11.5. The first-order valence-electron chi connectivity index (χ1n) is 7.26. The van der Waals surface area contributed by atoms with Gasteiger partial charge in [0.1, 0.15) is 20.9 Å². The Kier molecular flexibility index (Phi) is 5.86. The molecule has 0 bridgehead atoms. The summed E-state index contributed by atoms with van der Waals surface area (Å²) in [4.78, 5) is 4.10. The van der Waals surface area contributed by atoms with Crippen molar-refractivity contribution in [2.75, 3.05) is 0 Å². The van der Waals surface area contributed by atoms with Crippen LogP contribution in [0.15, 0.2) is 47.2 Å². The van der Waals surface area contributed by atoms with Crippen molar-refractivity contribution in [3.8, 4) is 11.8 Å². The maximum Gasteiger partial charge on any atom is 0.234 e. The largest absolute Gasteiger partial charge is 0.458 e. The van der Waals surface area contributed by atoms with Gasteiger partial charge in [0, 0.05) is 11.4 Å². The van der Waals surface area contributed by atoms with Crippen molar-refractivity contribution in [2.24, 2.45) is 5.14 Å². The van der Waals surface area contributed by atoms with E-state index in [1.165, 1.54) is 18.3 Å². The smallest absolute Gasteiger partial charge is 0.234 e. The molecular weight excluding hydrogens is 544 g/mol. The lowest BCUT2D eigenvalue weighted by molar-refractivity contribution is 0.342. The van der Waals surface area contributed by atoms with E-state index in [0.29, 0.717) is 20.1 Å². The molecule has 0 radical (unpaired) electrons. The number of ether oxygens (including phenoxy) is 1. The normalized spacial score (nSPS) is 19.8. The number of primary sulfonamides is 1. The van der Waals surface area contributed by atoms with Gasteiger partial charge in [0.25, 0.3) is 0 Å². The van der Waals surface area contributed by atoms with Crippen LogP contribution in [0, 0.1) is 14.9 Å². The third-order valence-corrected chi connectivity index (χ3v) is 7.16. The number of nitriles is 1. The molecule has 0 amide bonds. The minimum absolute atomic E-state index is 0.0893. The molecule has 1 aliphatic rings. The van der Waals surface area contributed by atoms with Gasteiger partial charge in [-0.15, -0.1) is 11.3 Å². The number of sulfonamides is 1. The first kappa shape index (κ1) is 20.6. The average Bonchev–Trinajstić information content (AvgIpc) is 3.03. The highest BCUT2D eigenvalue weighted by atomic mass is 127. The molecule has 0 saturated carbocycles. The number of nitrogens with zero attached hydrogens (tertiary/aromatic N) is 2. The fourth-order valence-electron chi connectivity index (χ4n) is 2.49. The Hall–Kier alpha value is -1.16. The van der Waals surface area contributed by atoms with Crippen LogP contribution in [0.5, 0.6) is 5.75 Å². The molecule has 140 valence electrons. The zero-order valence-electron chi connectivity index (χ0n) is 13.3. The van der Waals surface area contributed by atoms with Crippen LogP contribution in [-0.4, -0.2) is 13.4 Å². The lowest BCUT2D eigenvalue weighted by atomic mass is 9.81. The predicted octanol–water partition coefficient (Wildman–Crippen LogP) is 4.35. The Labute approximate surface area is 183 Å². The number of rotatable bonds is 4. The van der Waals surface area contributed by atoms with E-state index in [-0.39, 0.29) is 17.1 Å². The summed E-state index contributed by atoms with van der Waals surface area (Å²) in [5, 5.41) is 16.1. The number of nitrogens with two attached hydrogens (primary N) is 1. The van der Waals surface area contributed by atoms with Crippen LogP contribution in [0.3, 0.4) is 0 Å². The molecule has 0 fully saturated rings. The van der Waals surface area contributed by atoms with Crippen LogP contribution in [-0.2, 0) is 15.4 Å². The van der Waals surface area contributed by atoms with E-state index >= 15 is 0 Å². The van der Waals surface area contributed by atoms with Crippen molar-refractivity contribution in [1.29, 1.82) is 5.26 Å². The van der Waals surface area contributed by atoms with Gasteiger partial charge in [-0.25, -0.2) is 18.5 Å². The quantitative estimate of drug-likeness (QED) is 0.566. The van der Waals surface area contributed by atoms with Crippen molar-refractivity contribution in [1.82, 2.24) is 4.98 Å².